The third-order valence-corrected chi connectivity index (χ3v) is 4.05. The first-order valence-electron chi connectivity index (χ1n) is 5.99. The zero-order chi connectivity index (χ0) is 14.0. The Hall–Kier alpha value is -1.43. The van der Waals surface area contributed by atoms with Crippen LogP contribution in [0.25, 0.3) is 10.1 Å². The molecule has 1 unspecified atom stereocenters. The van der Waals surface area contributed by atoms with E-state index in [1.807, 2.05) is 24.1 Å². The number of nitrogens with zero attached hydrogens (tertiary/aromatic N) is 1. The molecule has 0 fully saturated rings. The second-order valence-electron chi connectivity index (χ2n) is 5.01. The SMILES string of the molecule is CN(Cc1csc2ccccc12)CC(C)(O)C(=O)O. The Kier molecular flexibility index (Phi) is 3.89. The maximum Gasteiger partial charge on any atom is 0.336 e. The molecule has 2 N–H and O–H groups in total. The third kappa shape index (κ3) is 3.12. The molecule has 0 saturated heterocycles. The van der Waals surface area contributed by atoms with Crippen LogP contribution in [0.1, 0.15) is 12.5 Å². The largest absolute Gasteiger partial charge is 0.479 e. The molecule has 1 aromatic carbocycles. The number of hydrogen-bond donors (Lipinski definition) is 2. The number of fused-ring (bicyclic) bond motifs is 1. The number of carboxylic acids is 1. The summed E-state index contributed by atoms with van der Waals surface area (Å²) in [4.78, 5) is 12.7. The Balaban J connectivity index is 2.11. The summed E-state index contributed by atoms with van der Waals surface area (Å²) >= 11 is 1.67. The highest BCUT2D eigenvalue weighted by atomic mass is 32.1. The fourth-order valence-electron chi connectivity index (χ4n) is 2.10. The van der Waals surface area contributed by atoms with Crippen LogP contribution in [0.15, 0.2) is 29.6 Å². The van der Waals surface area contributed by atoms with Gasteiger partial charge in [-0.3, -0.25) is 4.90 Å². The molecule has 0 saturated carbocycles. The zero-order valence-electron chi connectivity index (χ0n) is 11.0. The number of hydrogen-bond acceptors (Lipinski definition) is 4. The lowest BCUT2D eigenvalue weighted by Crippen LogP contribution is -2.45. The monoisotopic (exact) mass is 279 g/mol. The Morgan fingerprint density at radius 2 is 2.11 bits per heavy atom. The summed E-state index contributed by atoms with van der Waals surface area (Å²) in [5.74, 6) is -1.20. The number of carbonyl (C=O) groups is 1. The molecular formula is C14H17NO3S. The highest BCUT2D eigenvalue weighted by molar-refractivity contribution is 7.17. The van der Waals surface area contributed by atoms with Gasteiger partial charge in [0.05, 0.1) is 0 Å². The fraction of sp³-hybridized carbons (Fsp3) is 0.357. The number of aliphatic carboxylic acids is 1. The molecule has 0 amide bonds. The van der Waals surface area contributed by atoms with Gasteiger partial charge in [0.2, 0.25) is 0 Å². The van der Waals surface area contributed by atoms with Gasteiger partial charge in [-0.1, -0.05) is 18.2 Å². The van der Waals surface area contributed by atoms with E-state index in [-0.39, 0.29) is 6.54 Å². The molecule has 1 heterocycles. The van der Waals surface area contributed by atoms with Crippen molar-refractivity contribution in [3.8, 4) is 0 Å². The normalized spacial score (nSPS) is 14.7. The topological polar surface area (TPSA) is 60.8 Å². The van der Waals surface area contributed by atoms with Crippen LogP contribution in [0.2, 0.25) is 0 Å². The minimum atomic E-state index is -1.72. The van der Waals surface area contributed by atoms with E-state index >= 15 is 0 Å². The summed E-state index contributed by atoms with van der Waals surface area (Å²) in [5, 5.41) is 21.9. The zero-order valence-corrected chi connectivity index (χ0v) is 11.8. The van der Waals surface area contributed by atoms with E-state index in [4.69, 9.17) is 5.11 Å². The number of carboxylic acid groups (broad SMARTS) is 1. The van der Waals surface area contributed by atoms with Crippen molar-refractivity contribution in [2.24, 2.45) is 0 Å². The average Bonchev–Trinajstić information content (AvgIpc) is 2.72. The summed E-state index contributed by atoms with van der Waals surface area (Å²) < 4.78 is 1.22. The molecule has 102 valence electrons. The molecule has 5 heteroatoms. The maximum atomic E-state index is 10.9. The predicted molar refractivity (Wildman–Crippen MR) is 76.4 cm³/mol. The summed E-state index contributed by atoms with van der Waals surface area (Å²) in [6, 6.07) is 8.12. The van der Waals surface area contributed by atoms with E-state index < -0.39 is 11.6 Å². The number of rotatable bonds is 5. The van der Waals surface area contributed by atoms with E-state index in [1.54, 1.807) is 11.3 Å². The molecule has 2 rings (SSSR count). The van der Waals surface area contributed by atoms with Crippen molar-refractivity contribution in [3.63, 3.8) is 0 Å². The van der Waals surface area contributed by atoms with Gasteiger partial charge in [0.15, 0.2) is 5.60 Å². The number of benzene rings is 1. The van der Waals surface area contributed by atoms with E-state index in [0.717, 1.165) is 5.56 Å². The highest BCUT2D eigenvalue weighted by Gasteiger charge is 2.31. The van der Waals surface area contributed by atoms with Crippen LogP contribution in [-0.2, 0) is 11.3 Å². The van der Waals surface area contributed by atoms with Crippen molar-refractivity contribution < 1.29 is 15.0 Å². The Bertz CT molecular complexity index is 591. The minimum absolute atomic E-state index is 0.0898. The molecule has 2 aromatic rings. The second kappa shape index (κ2) is 5.28. The van der Waals surface area contributed by atoms with Crippen molar-refractivity contribution in [2.45, 2.75) is 19.1 Å². The lowest BCUT2D eigenvalue weighted by Gasteiger charge is -2.25. The molecule has 0 aliphatic heterocycles. The van der Waals surface area contributed by atoms with Crippen LogP contribution in [-0.4, -0.2) is 40.3 Å². The first-order valence-corrected chi connectivity index (χ1v) is 6.87. The van der Waals surface area contributed by atoms with Gasteiger partial charge in [-0.15, -0.1) is 11.3 Å². The number of thiophene rings is 1. The van der Waals surface area contributed by atoms with Crippen molar-refractivity contribution in [2.75, 3.05) is 13.6 Å². The average molecular weight is 279 g/mol. The van der Waals surface area contributed by atoms with E-state index in [9.17, 15) is 9.90 Å². The molecule has 0 bridgehead atoms. The Morgan fingerprint density at radius 3 is 2.79 bits per heavy atom. The van der Waals surface area contributed by atoms with Crippen LogP contribution in [0.4, 0.5) is 0 Å². The first kappa shape index (κ1) is 14.0. The summed E-state index contributed by atoms with van der Waals surface area (Å²) in [7, 11) is 1.81. The lowest BCUT2D eigenvalue weighted by atomic mass is 10.1. The first-order chi connectivity index (χ1) is 8.90. The molecular weight excluding hydrogens is 262 g/mol. The van der Waals surface area contributed by atoms with Gasteiger partial charge in [0.1, 0.15) is 0 Å². The van der Waals surface area contributed by atoms with Crippen LogP contribution in [0, 0.1) is 0 Å². The van der Waals surface area contributed by atoms with E-state index in [2.05, 4.69) is 17.5 Å². The van der Waals surface area contributed by atoms with Gasteiger partial charge >= 0.3 is 5.97 Å². The molecule has 19 heavy (non-hydrogen) atoms. The number of likely N-dealkylation sites (N-methyl/N-ethyl adjacent to an activating group) is 1. The van der Waals surface area contributed by atoms with Crippen LogP contribution in [0.3, 0.4) is 0 Å². The van der Waals surface area contributed by atoms with Crippen molar-refractivity contribution >= 4 is 27.4 Å². The predicted octanol–water partition coefficient (Wildman–Crippen LogP) is 2.17. The summed E-state index contributed by atoms with van der Waals surface area (Å²) in [6.07, 6.45) is 0. The van der Waals surface area contributed by atoms with E-state index in [0.29, 0.717) is 6.54 Å². The van der Waals surface area contributed by atoms with Crippen LogP contribution in [0.5, 0.6) is 0 Å². The molecule has 1 aromatic heterocycles. The maximum absolute atomic E-state index is 10.9. The van der Waals surface area contributed by atoms with Crippen molar-refractivity contribution in [3.05, 3.63) is 35.2 Å². The van der Waals surface area contributed by atoms with Gasteiger partial charge in [-0.05, 0) is 36.4 Å². The molecule has 1 atom stereocenters. The van der Waals surface area contributed by atoms with Gasteiger partial charge in [-0.25, -0.2) is 4.79 Å². The van der Waals surface area contributed by atoms with Crippen molar-refractivity contribution in [1.29, 1.82) is 0 Å². The molecule has 0 spiro atoms. The fourth-order valence-corrected chi connectivity index (χ4v) is 3.05. The molecule has 0 aliphatic carbocycles. The summed E-state index contributed by atoms with van der Waals surface area (Å²) in [5.41, 5.74) is -0.565. The van der Waals surface area contributed by atoms with Crippen LogP contribution < -0.4 is 0 Å². The second-order valence-corrected chi connectivity index (χ2v) is 5.92. The van der Waals surface area contributed by atoms with Crippen LogP contribution >= 0.6 is 11.3 Å². The standard InChI is InChI=1S/C14H17NO3S/c1-14(18,13(16)17)9-15(2)7-10-8-19-12-6-4-3-5-11(10)12/h3-6,8,18H,7,9H2,1-2H3,(H,16,17). The smallest absolute Gasteiger partial charge is 0.336 e. The molecule has 4 nitrogen and oxygen atoms in total. The lowest BCUT2D eigenvalue weighted by molar-refractivity contribution is -0.158. The van der Waals surface area contributed by atoms with Gasteiger partial charge in [-0.2, -0.15) is 0 Å². The molecule has 0 radical (unpaired) electrons. The van der Waals surface area contributed by atoms with Gasteiger partial charge in [0, 0.05) is 17.8 Å². The third-order valence-electron chi connectivity index (χ3n) is 3.04. The minimum Gasteiger partial charge on any atom is -0.479 e. The number of aliphatic hydroxyl groups is 1. The van der Waals surface area contributed by atoms with Gasteiger partial charge < -0.3 is 10.2 Å². The van der Waals surface area contributed by atoms with E-state index in [1.165, 1.54) is 17.0 Å². The van der Waals surface area contributed by atoms with Gasteiger partial charge in [0.25, 0.3) is 0 Å². The Morgan fingerprint density at radius 1 is 1.42 bits per heavy atom. The summed E-state index contributed by atoms with van der Waals surface area (Å²) in [6.45, 7) is 2.03. The Labute approximate surface area is 115 Å². The van der Waals surface area contributed by atoms with Crippen molar-refractivity contribution in [1.82, 2.24) is 4.90 Å². The quantitative estimate of drug-likeness (QED) is 0.880. The molecule has 0 aliphatic rings. The highest BCUT2D eigenvalue weighted by Crippen LogP contribution is 2.26.